The normalized spacial score (nSPS) is 19.2. The van der Waals surface area contributed by atoms with Crippen LogP contribution < -0.4 is 4.90 Å². The zero-order chi connectivity index (χ0) is 22.7. The summed E-state index contributed by atoms with van der Waals surface area (Å²) in [7, 11) is 0. The van der Waals surface area contributed by atoms with Crippen LogP contribution in [0.5, 0.6) is 0 Å². The second-order valence-electron chi connectivity index (χ2n) is 8.50. The third-order valence-corrected chi connectivity index (χ3v) is 6.85. The fourth-order valence-electron chi connectivity index (χ4n) is 5.23. The molecule has 2 aliphatic heterocycles. The minimum atomic E-state index is -0.950. The molecule has 5 heterocycles. The number of aromatic nitrogens is 7. The number of hydrogen-bond acceptors (Lipinski definition) is 6. The second kappa shape index (κ2) is 7.16. The van der Waals surface area contributed by atoms with Crippen molar-refractivity contribution in [2.24, 2.45) is 0 Å². The van der Waals surface area contributed by atoms with E-state index in [1.54, 1.807) is 17.0 Å². The van der Waals surface area contributed by atoms with Crippen molar-refractivity contribution in [2.75, 3.05) is 11.4 Å². The summed E-state index contributed by atoms with van der Waals surface area (Å²) in [6.07, 6.45) is 8.93. The van der Waals surface area contributed by atoms with Crippen molar-refractivity contribution in [1.29, 1.82) is 0 Å². The van der Waals surface area contributed by atoms with E-state index in [2.05, 4.69) is 32.0 Å². The standard InChI is InChI=1S/C23H22F2N8/c1-3-23-9-4-5-11-32(23)20-17(33-14(2)29-30-21(23)33)13-27-22(28-20)31-12-10-26-19(31)15-7-6-8-16(24)18(15)25/h6-8,10,12-13H,3-5,9,11H2,1-2H3. The molecule has 168 valence electrons. The molecule has 10 heteroatoms. The van der Waals surface area contributed by atoms with Crippen molar-refractivity contribution in [2.45, 2.75) is 45.1 Å². The highest BCUT2D eigenvalue weighted by Crippen LogP contribution is 2.48. The summed E-state index contributed by atoms with van der Waals surface area (Å²) in [5, 5.41) is 8.91. The maximum Gasteiger partial charge on any atom is 0.237 e. The van der Waals surface area contributed by atoms with E-state index in [-0.39, 0.29) is 16.9 Å². The first-order valence-electron chi connectivity index (χ1n) is 11.1. The van der Waals surface area contributed by atoms with Crippen LogP contribution in [-0.2, 0) is 5.54 Å². The van der Waals surface area contributed by atoms with Gasteiger partial charge in [0, 0.05) is 18.9 Å². The van der Waals surface area contributed by atoms with E-state index >= 15 is 0 Å². The molecule has 1 atom stereocenters. The Morgan fingerprint density at radius 1 is 1.12 bits per heavy atom. The van der Waals surface area contributed by atoms with E-state index in [4.69, 9.17) is 4.98 Å². The molecule has 0 amide bonds. The largest absolute Gasteiger partial charge is 0.342 e. The molecule has 1 aromatic carbocycles. The summed E-state index contributed by atoms with van der Waals surface area (Å²) in [6.45, 7) is 4.94. The van der Waals surface area contributed by atoms with Gasteiger partial charge >= 0.3 is 0 Å². The number of aryl methyl sites for hydroxylation is 1. The number of benzene rings is 1. The van der Waals surface area contributed by atoms with Crippen LogP contribution in [0.2, 0.25) is 0 Å². The van der Waals surface area contributed by atoms with Crippen LogP contribution in [0.4, 0.5) is 14.6 Å². The number of imidazole rings is 1. The zero-order valence-electron chi connectivity index (χ0n) is 18.3. The van der Waals surface area contributed by atoms with Gasteiger partial charge in [0.15, 0.2) is 23.3 Å². The Balaban J connectivity index is 1.55. The van der Waals surface area contributed by atoms with Gasteiger partial charge in [0.2, 0.25) is 5.95 Å². The molecular weight excluding hydrogens is 426 g/mol. The third-order valence-electron chi connectivity index (χ3n) is 6.85. The fourth-order valence-corrected chi connectivity index (χ4v) is 5.23. The minimum absolute atomic E-state index is 0.0548. The quantitative estimate of drug-likeness (QED) is 0.470. The molecule has 33 heavy (non-hydrogen) atoms. The maximum absolute atomic E-state index is 14.5. The van der Waals surface area contributed by atoms with Crippen molar-refractivity contribution < 1.29 is 8.78 Å². The lowest BCUT2D eigenvalue weighted by atomic mass is 9.82. The summed E-state index contributed by atoms with van der Waals surface area (Å²) in [6, 6.07) is 4.04. The second-order valence-corrected chi connectivity index (χ2v) is 8.50. The maximum atomic E-state index is 14.5. The number of nitrogens with zero attached hydrogens (tertiary/aromatic N) is 8. The van der Waals surface area contributed by atoms with Crippen molar-refractivity contribution in [3.63, 3.8) is 0 Å². The van der Waals surface area contributed by atoms with Gasteiger partial charge in [-0.15, -0.1) is 10.2 Å². The first-order valence-corrected chi connectivity index (χ1v) is 11.1. The lowest BCUT2D eigenvalue weighted by molar-refractivity contribution is 0.274. The highest BCUT2D eigenvalue weighted by molar-refractivity contribution is 5.65. The summed E-state index contributed by atoms with van der Waals surface area (Å²) in [5.41, 5.74) is 0.588. The van der Waals surface area contributed by atoms with Crippen LogP contribution in [0.25, 0.3) is 23.0 Å². The minimum Gasteiger partial charge on any atom is -0.342 e. The van der Waals surface area contributed by atoms with Gasteiger partial charge in [0.1, 0.15) is 22.9 Å². The molecule has 0 radical (unpaired) electrons. The Labute approximate surface area is 189 Å². The monoisotopic (exact) mass is 448 g/mol. The number of rotatable bonds is 3. The Bertz CT molecular complexity index is 1380. The van der Waals surface area contributed by atoms with E-state index < -0.39 is 11.6 Å². The lowest BCUT2D eigenvalue weighted by Gasteiger charge is -2.49. The van der Waals surface area contributed by atoms with Gasteiger partial charge < -0.3 is 4.90 Å². The molecule has 8 nitrogen and oxygen atoms in total. The fraction of sp³-hybridized carbons (Fsp3) is 0.348. The van der Waals surface area contributed by atoms with Crippen LogP contribution in [0, 0.1) is 18.6 Å². The molecule has 2 aliphatic rings. The Morgan fingerprint density at radius 2 is 2.00 bits per heavy atom. The van der Waals surface area contributed by atoms with Crippen LogP contribution in [0.15, 0.2) is 36.8 Å². The lowest BCUT2D eigenvalue weighted by Crippen LogP contribution is -2.54. The van der Waals surface area contributed by atoms with Gasteiger partial charge in [-0.1, -0.05) is 13.0 Å². The van der Waals surface area contributed by atoms with Crippen LogP contribution >= 0.6 is 0 Å². The third kappa shape index (κ3) is 2.69. The molecule has 3 aromatic heterocycles. The van der Waals surface area contributed by atoms with Gasteiger partial charge in [0.05, 0.1) is 11.8 Å². The summed E-state index contributed by atoms with van der Waals surface area (Å²) in [4.78, 5) is 16.1. The number of piperidine rings is 1. The highest BCUT2D eigenvalue weighted by Gasteiger charge is 2.48. The summed E-state index contributed by atoms with van der Waals surface area (Å²) >= 11 is 0. The molecule has 0 bridgehead atoms. The molecule has 1 fully saturated rings. The smallest absolute Gasteiger partial charge is 0.237 e. The zero-order valence-corrected chi connectivity index (χ0v) is 18.3. The van der Waals surface area contributed by atoms with E-state index in [0.29, 0.717) is 5.95 Å². The summed E-state index contributed by atoms with van der Waals surface area (Å²) < 4.78 is 32.0. The van der Waals surface area contributed by atoms with Gasteiger partial charge in [-0.2, -0.15) is 4.98 Å². The van der Waals surface area contributed by atoms with E-state index in [1.807, 2.05) is 11.5 Å². The highest BCUT2D eigenvalue weighted by atomic mass is 19.2. The molecule has 1 saturated heterocycles. The number of hydrogen-bond donors (Lipinski definition) is 0. The predicted molar refractivity (Wildman–Crippen MR) is 117 cm³/mol. The molecule has 0 saturated carbocycles. The van der Waals surface area contributed by atoms with E-state index in [1.165, 1.54) is 18.3 Å². The van der Waals surface area contributed by atoms with E-state index in [9.17, 15) is 8.78 Å². The van der Waals surface area contributed by atoms with Gasteiger partial charge in [-0.3, -0.25) is 9.13 Å². The van der Waals surface area contributed by atoms with Gasteiger partial charge in [0.25, 0.3) is 0 Å². The van der Waals surface area contributed by atoms with E-state index in [0.717, 1.165) is 61.4 Å². The molecule has 1 unspecified atom stereocenters. The molecule has 0 N–H and O–H groups in total. The average Bonchev–Trinajstić information content (AvgIpc) is 3.48. The molecule has 0 aliphatic carbocycles. The van der Waals surface area contributed by atoms with Crippen molar-refractivity contribution in [3.05, 3.63) is 60.1 Å². The SMILES string of the molecule is CCC12CCCCN1c1nc(-n3ccnc3-c3cccc(F)c3F)ncc1-n1c(C)nnc12. The molecular formula is C23H22F2N8. The van der Waals surface area contributed by atoms with Gasteiger partial charge in [-0.25, -0.2) is 18.7 Å². The number of fused-ring (bicyclic) bond motifs is 6. The van der Waals surface area contributed by atoms with Gasteiger partial charge in [-0.05, 0) is 44.7 Å². The Hall–Kier alpha value is -3.69. The van der Waals surface area contributed by atoms with Crippen molar-refractivity contribution in [1.82, 2.24) is 34.3 Å². The summed E-state index contributed by atoms with van der Waals surface area (Å²) in [5.74, 6) is 1.20. The molecule has 6 rings (SSSR count). The van der Waals surface area contributed by atoms with Crippen LogP contribution in [0.3, 0.4) is 0 Å². The van der Waals surface area contributed by atoms with Crippen LogP contribution in [0.1, 0.15) is 44.3 Å². The number of halogens is 2. The van der Waals surface area contributed by atoms with Crippen molar-refractivity contribution in [3.8, 4) is 23.0 Å². The Morgan fingerprint density at radius 3 is 2.85 bits per heavy atom. The Kier molecular flexibility index (Phi) is 4.33. The van der Waals surface area contributed by atoms with Crippen LogP contribution in [-0.4, -0.2) is 40.8 Å². The topological polar surface area (TPSA) is 77.5 Å². The first kappa shape index (κ1) is 20.0. The number of anilines is 1. The predicted octanol–water partition coefficient (Wildman–Crippen LogP) is 4.11. The first-order chi connectivity index (χ1) is 16.0. The molecule has 0 spiro atoms. The average molecular weight is 448 g/mol. The molecule has 4 aromatic rings. The van der Waals surface area contributed by atoms with Crippen molar-refractivity contribution >= 4 is 5.82 Å².